The normalized spacial score (nSPS) is 12.6. The lowest BCUT2D eigenvalue weighted by Gasteiger charge is -2.10. The number of carbonyl (C=O) groups excluding carboxylic acids is 1. The molecule has 6 nitrogen and oxygen atoms in total. The molecule has 5 rings (SSSR count). The van der Waals surface area contributed by atoms with Crippen molar-refractivity contribution in [2.45, 2.75) is 19.8 Å². The third-order valence-corrected chi connectivity index (χ3v) is 5.61. The van der Waals surface area contributed by atoms with Gasteiger partial charge in [0.25, 0.3) is 5.91 Å². The molecule has 1 aliphatic heterocycles. The maximum Gasteiger partial charge on any atom is 0.272 e. The first kappa shape index (κ1) is 20.7. The molecule has 0 radical (unpaired) electrons. The molecule has 2 heterocycles. The predicted molar refractivity (Wildman–Crippen MR) is 129 cm³/mol. The van der Waals surface area contributed by atoms with Crippen molar-refractivity contribution in [1.82, 2.24) is 10.4 Å². The van der Waals surface area contributed by atoms with Crippen LogP contribution >= 0.6 is 0 Å². The van der Waals surface area contributed by atoms with Crippen molar-refractivity contribution in [2.75, 3.05) is 6.79 Å². The molecule has 0 unspecified atom stereocenters. The minimum atomic E-state index is -0.300. The van der Waals surface area contributed by atoms with E-state index in [1.54, 1.807) is 6.21 Å². The highest BCUT2D eigenvalue weighted by atomic mass is 16.7. The largest absolute Gasteiger partial charge is 0.454 e. The average Bonchev–Trinajstić information content (AvgIpc) is 3.31. The van der Waals surface area contributed by atoms with Gasteiger partial charge in [0.05, 0.1) is 23.0 Å². The first-order chi connectivity index (χ1) is 16.1. The molecule has 0 saturated carbocycles. The molecule has 0 saturated heterocycles. The van der Waals surface area contributed by atoms with Crippen molar-refractivity contribution in [3.05, 3.63) is 89.5 Å². The fraction of sp³-hybridized carbons (Fsp3) is 0.148. The van der Waals surface area contributed by atoms with E-state index >= 15 is 0 Å². The van der Waals surface area contributed by atoms with E-state index in [-0.39, 0.29) is 12.7 Å². The number of ether oxygens (including phenoxy) is 2. The molecule has 4 aromatic rings. The Balaban J connectivity index is 1.43. The van der Waals surface area contributed by atoms with Crippen LogP contribution in [0.1, 0.15) is 41.3 Å². The first-order valence-electron chi connectivity index (χ1n) is 10.8. The lowest BCUT2D eigenvalue weighted by Crippen LogP contribution is -2.18. The van der Waals surface area contributed by atoms with Gasteiger partial charge in [-0.15, -0.1) is 0 Å². The number of hydrogen-bond acceptors (Lipinski definition) is 5. The summed E-state index contributed by atoms with van der Waals surface area (Å²) in [7, 11) is 0. The SMILES string of the molecule is CC(C)c1ccc(-c2cc(C(=O)N/N=C/c3ccc4c(c3)OCO4)c3ccccc3n2)cc1. The zero-order valence-electron chi connectivity index (χ0n) is 18.4. The van der Waals surface area contributed by atoms with E-state index in [1.165, 1.54) is 5.56 Å². The Kier molecular flexibility index (Phi) is 5.48. The molecule has 0 atom stereocenters. The molecular weight excluding hydrogens is 414 g/mol. The third-order valence-electron chi connectivity index (χ3n) is 5.61. The number of para-hydroxylation sites is 1. The molecule has 0 fully saturated rings. The van der Waals surface area contributed by atoms with Gasteiger partial charge in [-0.25, -0.2) is 10.4 Å². The van der Waals surface area contributed by atoms with Gasteiger partial charge in [-0.05, 0) is 47.4 Å². The molecule has 1 N–H and O–H groups in total. The van der Waals surface area contributed by atoms with Gasteiger partial charge in [0.15, 0.2) is 11.5 Å². The standard InChI is InChI=1S/C27H23N3O3/c1-17(2)19-8-10-20(11-9-19)24-14-22(21-5-3-4-6-23(21)29-24)27(31)30-28-15-18-7-12-25-26(13-18)33-16-32-25/h3-15,17H,16H2,1-2H3,(H,30,31)/b28-15+. The van der Waals surface area contributed by atoms with E-state index in [2.05, 4.69) is 36.5 Å². The van der Waals surface area contributed by atoms with Gasteiger partial charge in [-0.3, -0.25) is 4.79 Å². The van der Waals surface area contributed by atoms with Crippen LogP contribution in [0.5, 0.6) is 11.5 Å². The van der Waals surface area contributed by atoms with Crippen LogP contribution in [-0.2, 0) is 0 Å². The summed E-state index contributed by atoms with van der Waals surface area (Å²) in [5.41, 5.74) is 7.68. The third kappa shape index (κ3) is 4.28. The van der Waals surface area contributed by atoms with Gasteiger partial charge >= 0.3 is 0 Å². The number of nitrogens with one attached hydrogen (secondary N) is 1. The number of carbonyl (C=O) groups is 1. The molecule has 0 bridgehead atoms. The van der Waals surface area contributed by atoms with E-state index in [0.717, 1.165) is 27.7 Å². The number of hydrazone groups is 1. The van der Waals surface area contributed by atoms with Gasteiger partial charge in [0, 0.05) is 10.9 Å². The van der Waals surface area contributed by atoms with Crippen molar-refractivity contribution >= 4 is 23.0 Å². The predicted octanol–water partition coefficient (Wildman–Crippen LogP) is 5.52. The summed E-state index contributed by atoms with van der Waals surface area (Å²) >= 11 is 0. The Labute approximate surface area is 191 Å². The monoisotopic (exact) mass is 437 g/mol. The van der Waals surface area contributed by atoms with Gasteiger partial charge in [-0.1, -0.05) is 56.3 Å². The fourth-order valence-electron chi connectivity index (χ4n) is 3.77. The summed E-state index contributed by atoms with van der Waals surface area (Å²) < 4.78 is 10.7. The zero-order valence-corrected chi connectivity index (χ0v) is 18.4. The van der Waals surface area contributed by atoms with Crippen LogP contribution in [0, 0.1) is 0 Å². The summed E-state index contributed by atoms with van der Waals surface area (Å²) in [5, 5.41) is 4.92. The topological polar surface area (TPSA) is 72.8 Å². The molecule has 1 amide bonds. The van der Waals surface area contributed by atoms with Gasteiger partial charge in [0.1, 0.15) is 0 Å². The molecular formula is C27H23N3O3. The Hall–Kier alpha value is -4.19. The zero-order chi connectivity index (χ0) is 22.8. The number of rotatable bonds is 5. The van der Waals surface area contributed by atoms with Crippen LogP contribution in [0.4, 0.5) is 0 Å². The quantitative estimate of drug-likeness (QED) is 0.330. The molecule has 33 heavy (non-hydrogen) atoms. The lowest BCUT2D eigenvalue weighted by molar-refractivity contribution is 0.0956. The molecule has 1 aromatic heterocycles. The van der Waals surface area contributed by atoms with E-state index < -0.39 is 0 Å². The number of aromatic nitrogens is 1. The van der Waals surface area contributed by atoms with E-state index in [9.17, 15) is 4.79 Å². The smallest absolute Gasteiger partial charge is 0.272 e. The molecule has 1 aliphatic rings. The van der Waals surface area contributed by atoms with Gasteiger partial charge < -0.3 is 9.47 Å². The van der Waals surface area contributed by atoms with E-state index in [0.29, 0.717) is 23.0 Å². The number of hydrogen-bond donors (Lipinski definition) is 1. The highest BCUT2D eigenvalue weighted by Crippen LogP contribution is 2.32. The highest BCUT2D eigenvalue weighted by molar-refractivity contribution is 6.07. The van der Waals surface area contributed by atoms with Crippen LogP contribution in [0.15, 0.2) is 77.9 Å². The molecule has 6 heteroatoms. The first-order valence-corrected chi connectivity index (χ1v) is 10.8. The van der Waals surface area contributed by atoms with E-state index in [1.807, 2.05) is 60.7 Å². The second-order valence-corrected chi connectivity index (χ2v) is 8.16. The van der Waals surface area contributed by atoms with Crippen molar-refractivity contribution in [1.29, 1.82) is 0 Å². The van der Waals surface area contributed by atoms with Gasteiger partial charge in [0.2, 0.25) is 6.79 Å². The lowest BCUT2D eigenvalue weighted by atomic mass is 9.99. The number of pyridine rings is 1. The summed E-state index contributed by atoms with van der Waals surface area (Å²) in [5.74, 6) is 1.52. The maximum absolute atomic E-state index is 13.1. The number of fused-ring (bicyclic) bond motifs is 2. The minimum Gasteiger partial charge on any atom is -0.454 e. The Morgan fingerprint density at radius 2 is 1.79 bits per heavy atom. The summed E-state index contributed by atoms with van der Waals surface area (Å²) in [6.07, 6.45) is 1.58. The van der Waals surface area contributed by atoms with Crippen LogP contribution in [0.2, 0.25) is 0 Å². The summed E-state index contributed by atoms with van der Waals surface area (Å²) in [6.45, 7) is 4.54. The Morgan fingerprint density at radius 3 is 2.61 bits per heavy atom. The van der Waals surface area contributed by atoms with Crippen LogP contribution in [0.25, 0.3) is 22.2 Å². The molecule has 3 aromatic carbocycles. The molecule has 0 aliphatic carbocycles. The number of benzene rings is 3. The number of amides is 1. The van der Waals surface area contributed by atoms with Crippen molar-refractivity contribution < 1.29 is 14.3 Å². The van der Waals surface area contributed by atoms with Crippen LogP contribution < -0.4 is 14.9 Å². The van der Waals surface area contributed by atoms with Crippen molar-refractivity contribution in [3.8, 4) is 22.8 Å². The number of nitrogens with zero attached hydrogens (tertiary/aromatic N) is 2. The molecule has 164 valence electrons. The van der Waals surface area contributed by atoms with Crippen LogP contribution in [0.3, 0.4) is 0 Å². The van der Waals surface area contributed by atoms with Gasteiger partial charge in [-0.2, -0.15) is 5.10 Å². The Morgan fingerprint density at radius 1 is 1.00 bits per heavy atom. The average molecular weight is 437 g/mol. The van der Waals surface area contributed by atoms with E-state index in [4.69, 9.17) is 14.5 Å². The second-order valence-electron chi connectivity index (χ2n) is 8.16. The summed E-state index contributed by atoms with van der Waals surface area (Å²) in [6, 6.07) is 23.2. The maximum atomic E-state index is 13.1. The summed E-state index contributed by atoms with van der Waals surface area (Å²) in [4.78, 5) is 17.8. The fourth-order valence-corrected chi connectivity index (χ4v) is 3.77. The Bertz CT molecular complexity index is 1360. The van der Waals surface area contributed by atoms with Crippen molar-refractivity contribution in [2.24, 2.45) is 5.10 Å². The minimum absolute atomic E-state index is 0.213. The second kappa shape index (κ2) is 8.74. The highest BCUT2D eigenvalue weighted by Gasteiger charge is 2.15. The van der Waals surface area contributed by atoms with Crippen LogP contribution in [-0.4, -0.2) is 23.9 Å². The molecule has 0 spiro atoms. The van der Waals surface area contributed by atoms with Crippen molar-refractivity contribution in [3.63, 3.8) is 0 Å².